The van der Waals surface area contributed by atoms with Gasteiger partial charge in [-0.15, -0.1) is 0 Å². The SMILES string of the molecule is CCCn1nc(C)c(N)c1Nc1cc(Br)ccc1C#N. The van der Waals surface area contributed by atoms with Crippen LogP contribution in [0.4, 0.5) is 17.2 Å². The Morgan fingerprint density at radius 1 is 1.50 bits per heavy atom. The molecule has 2 aromatic rings. The molecule has 0 aliphatic heterocycles. The highest BCUT2D eigenvalue weighted by molar-refractivity contribution is 9.10. The number of hydrogen-bond donors (Lipinski definition) is 2. The number of anilines is 3. The largest absolute Gasteiger partial charge is 0.394 e. The van der Waals surface area contributed by atoms with Crippen LogP contribution in [0.1, 0.15) is 24.6 Å². The van der Waals surface area contributed by atoms with E-state index >= 15 is 0 Å². The smallest absolute Gasteiger partial charge is 0.152 e. The number of halogens is 1. The Bertz CT molecular complexity index is 669. The molecule has 0 saturated heterocycles. The molecule has 1 aromatic carbocycles. The topological polar surface area (TPSA) is 79.7 Å². The zero-order chi connectivity index (χ0) is 14.7. The van der Waals surface area contributed by atoms with Crippen LogP contribution < -0.4 is 11.1 Å². The summed E-state index contributed by atoms with van der Waals surface area (Å²) in [6.07, 6.45) is 0.957. The van der Waals surface area contributed by atoms with Crippen molar-refractivity contribution in [1.82, 2.24) is 9.78 Å². The number of aryl methyl sites for hydroxylation is 2. The molecule has 1 heterocycles. The van der Waals surface area contributed by atoms with Gasteiger partial charge in [0.25, 0.3) is 0 Å². The van der Waals surface area contributed by atoms with Gasteiger partial charge >= 0.3 is 0 Å². The summed E-state index contributed by atoms with van der Waals surface area (Å²) >= 11 is 3.41. The van der Waals surface area contributed by atoms with Crippen molar-refractivity contribution in [2.45, 2.75) is 26.8 Å². The molecule has 0 aliphatic carbocycles. The van der Waals surface area contributed by atoms with Crippen LogP contribution in [-0.4, -0.2) is 9.78 Å². The first-order valence-corrected chi connectivity index (χ1v) is 7.15. The van der Waals surface area contributed by atoms with E-state index in [2.05, 4.69) is 39.3 Å². The lowest BCUT2D eigenvalue weighted by molar-refractivity contribution is 0.605. The van der Waals surface area contributed by atoms with Gasteiger partial charge in [-0.25, -0.2) is 4.68 Å². The van der Waals surface area contributed by atoms with Crippen molar-refractivity contribution in [2.24, 2.45) is 0 Å². The second-order valence-electron chi connectivity index (χ2n) is 4.50. The Kier molecular flexibility index (Phi) is 4.30. The number of nitrogens with zero attached hydrogens (tertiary/aromatic N) is 3. The van der Waals surface area contributed by atoms with E-state index in [4.69, 9.17) is 5.73 Å². The minimum atomic E-state index is 0.564. The van der Waals surface area contributed by atoms with Gasteiger partial charge in [-0.3, -0.25) is 0 Å². The van der Waals surface area contributed by atoms with E-state index in [0.717, 1.165) is 29.0 Å². The monoisotopic (exact) mass is 333 g/mol. The fourth-order valence-corrected chi connectivity index (χ4v) is 2.31. The Labute approximate surface area is 126 Å². The summed E-state index contributed by atoms with van der Waals surface area (Å²) in [5.41, 5.74) is 8.75. The summed E-state index contributed by atoms with van der Waals surface area (Å²) in [6, 6.07) is 7.62. The molecular formula is C14H16BrN5. The Hall–Kier alpha value is -2.00. The van der Waals surface area contributed by atoms with Crippen LogP contribution in [0.2, 0.25) is 0 Å². The molecular weight excluding hydrogens is 318 g/mol. The van der Waals surface area contributed by atoms with Gasteiger partial charge in [-0.1, -0.05) is 22.9 Å². The summed E-state index contributed by atoms with van der Waals surface area (Å²) in [6.45, 7) is 4.73. The van der Waals surface area contributed by atoms with Gasteiger partial charge in [0, 0.05) is 11.0 Å². The molecule has 0 radical (unpaired) electrons. The van der Waals surface area contributed by atoms with Gasteiger partial charge in [0.05, 0.1) is 22.6 Å². The average Bonchev–Trinajstić information content (AvgIpc) is 2.67. The lowest BCUT2D eigenvalue weighted by Gasteiger charge is -2.11. The van der Waals surface area contributed by atoms with E-state index in [-0.39, 0.29) is 0 Å². The van der Waals surface area contributed by atoms with Crippen molar-refractivity contribution >= 4 is 33.1 Å². The fraction of sp³-hybridized carbons (Fsp3) is 0.286. The van der Waals surface area contributed by atoms with Crippen LogP contribution in [-0.2, 0) is 6.54 Å². The molecule has 104 valence electrons. The summed E-state index contributed by atoms with van der Waals surface area (Å²) in [4.78, 5) is 0. The number of nitrogen functional groups attached to an aromatic ring is 1. The molecule has 1 aromatic heterocycles. The molecule has 0 fully saturated rings. The van der Waals surface area contributed by atoms with Gasteiger partial charge in [0.15, 0.2) is 5.82 Å². The number of benzene rings is 1. The van der Waals surface area contributed by atoms with E-state index in [9.17, 15) is 5.26 Å². The standard InChI is InChI=1S/C14H16BrN5/c1-3-6-20-14(13(17)9(2)19-20)18-12-7-11(15)5-4-10(12)8-16/h4-5,7,18H,3,6,17H2,1-2H3. The van der Waals surface area contributed by atoms with Crippen LogP contribution in [0, 0.1) is 18.3 Å². The molecule has 0 atom stereocenters. The third kappa shape index (κ3) is 2.78. The molecule has 3 N–H and O–H groups in total. The molecule has 2 rings (SSSR count). The minimum Gasteiger partial charge on any atom is -0.394 e. The lowest BCUT2D eigenvalue weighted by Crippen LogP contribution is -2.06. The molecule has 0 saturated carbocycles. The van der Waals surface area contributed by atoms with E-state index in [1.165, 1.54) is 0 Å². The minimum absolute atomic E-state index is 0.564. The maximum absolute atomic E-state index is 9.18. The summed E-state index contributed by atoms with van der Waals surface area (Å²) < 4.78 is 2.74. The van der Waals surface area contributed by atoms with E-state index in [1.807, 2.05) is 23.7 Å². The van der Waals surface area contributed by atoms with Crippen molar-refractivity contribution in [1.29, 1.82) is 5.26 Å². The van der Waals surface area contributed by atoms with Crippen molar-refractivity contribution < 1.29 is 0 Å². The van der Waals surface area contributed by atoms with Crippen LogP contribution in [0.3, 0.4) is 0 Å². The first-order chi connectivity index (χ1) is 9.56. The average molecular weight is 334 g/mol. The predicted octanol–water partition coefficient (Wildman–Crippen LogP) is 3.56. The highest BCUT2D eigenvalue weighted by Crippen LogP contribution is 2.29. The van der Waals surface area contributed by atoms with Gasteiger partial charge in [-0.05, 0) is 31.5 Å². The quantitative estimate of drug-likeness (QED) is 0.896. The Balaban J connectivity index is 2.44. The Morgan fingerprint density at radius 2 is 2.25 bits per heavy atom. The number of rotatable bonds is 4. The van der Waals surface area contributed by atoms with Crippen LogP contribution >= 0.6 is 15.9 Å². The van der Waals surface area contributed by atoms with E-state index in [0.29, 0.717) is 16.9 Å². The van der Waals surface area contributed by atoms with Crippen molar-refractivity contribution in [3.05, 3.63) is 33.9 Å². The molecule has 20 heavy (non-hydrogen) atoms. The Morgan fingerprint density at radius 3 is 2.90 bits per heavy atom. The highest BCUT2D eigenvalue weighted by atomic mass is 79.9. The summed E-state index contributed by atoms with van der Waals surface area (Å²) in [5.74, 6) is 0.735. The van der Waals surface area contributed by atoms with Crippen molar-refractivity contribution in [2.75, 3.05) is 11.1 Å². The van der Waals surface area contributed by atoms with Gasteiger partial charge < -0.3 is 11.1 Å². The maximum atomic E-state index is 9.18. The third-order valence-electron chi connectivity index (χ3n) is 2.96. The van der Waals surface area contributed by atoms with Crippen molar-refractivity contribution in [3.63, 3.8) is 0 Å². The normalized spacial score (nSPS) is 10.3. The second-order valence-corrected chi connectivity index (χ2v) is 5.41. The lowest BCUT2D eigenvalue weighted by atomic mass is 10.2. The maximum Gasteiger partial charge on any atom is 0.152 e. The number of nitrogens with one attached hydrogen (secondary N) is 1. The van der Waals surface area contributed by atoms with Crippen LogP contribution in [0.15, 0.2) is 22.7 Å². The van der Waals surface area contributed by atoms with Gasteiger partial charge in [0.1, 0.15) is 6.07 Å². The highest BCUT2D eigenvalue weighted by Gasteiger charge is 2.14. The molecule has 0 spiro atoms. The number of nitrogens with two attached hydrogens (primary N) is 1. The molecule has 0 amide bonds. The van der Waals surface area contributed by atoms with Crippen molar-refractivity contribution in [3.8, 4) is 6.07 Å². The molecule has 0 aliphatic rings. The first-order valence-electron chi connectivity index (χ1n) is 6.36. The zero-order valence-electron chi connectivity index (χ0n) is 11.4. The van der Waals surface area contributed by atoms with Gasteiger partial charge in [0.2, 0.25) is 0 Å². The molecule has 5 nitrogen and oxygen atoms in total. The molecule has 6 heteroatoms. The summed E-state index contributed by atoms with van der Waals surface area (Å²) in [5, 5.41) is 16.8. The van der Waals surface area contributed by atoms with E-state index in [1.54, 1.807) is 6.07 Å². The second kappa shape index (κ2) is 5.97. The van der Waals surface area contributed by atoms with Gasteiger partial charge in [-0.2, -0.15) is 10.4 Å². The number of aromatic nitrogens is 2. The fourth-order valence-electron chi connectivity index (χ4n) is 1.95. The zero-order valence-corrected chi connectivity index (χ0v) is 13.0. The molecule has 0 bridgehead atoms. The molecule has 0 unspecified atom stereocenters. The third-order valence-corrected chi connectivity index (χ3v) is 3.46. The predicted molar refractivity (Wildman–Crippen MR) is 83.8 cm³/mol. The number of nitriles is 1. The van der Waals surface area contributed by atoms with Crippen LogP contribution in [0.5, 0.6) is 0 Å². The number of hydrogen-bond acceptors (Lipinski definition) is 4. The van der Waals surface area contributed by atoms with Crippen LogP contribution in [0.25, 0.3) is 0 Å². The first kappa shape index (κ1) is 14.4. The van der Waals surface area contributed by atoms with E-state index < -0.39 is 0 Å². The summed E-state index contributed by atoms with van der Waals surface area (Å²) in [7, 11) is 0.